The molecule has 2 atom stereocenters. The predicted molar refractivity (Wildman–Crippen MR) is 101 cm³/mol. The van der Waals surface area contributed by atoms with Crippen LogP contribution in [-0.2, 0) is 16.0 Å². The lowest BCUT2D eigenvalue weighted by molar-refractivity contribution is -0.135. The molecule has 2 saturated carbocycles. The van der Waals surface area contributed by atoms with E-state index in [1.165, 1.54) is 18.2 Å². The van der Waals surface area contributed by atoms with Crippen LogP contribution in [0.1, 0.15) is 43.2 Å². The van der Waals surface area contributed by atoms with Gasteiger partial charge in [0.2, 0.25) is 0 Å². The number of carbonyl (C=O) groups excluding carboxylic acids is 2. The number of halogens is 2. The number of rotatable bonds is 4. The Labute approximate surface area is 162 Å². The summed E-state index contributed by atoms with van der Waals surface area (Å²) in [5.74, 6) is -0.200. The molecule has 2 aliphatic rings. The predicted octanol–water partition coefficient (Wildman–Crippen LogP) is 5.49. The van der Waals surface area contributed by atoms with E-state index in [9.17, 15) is 14.0 Å². The van der Waals surface area contributed by atoms with E-state index >= 15 is 0 Å². The lowest BCUT2D eigenvalue weighted by Gasteiger charge is -2.27. The van der Waals surface area contributed by atoms with E-state index in [1.54, 1.807) is 12.1 Å². The van der Waals surface area contributed by atoms with Gasteiger partial charge in [0.05, 0.1) is 5.02 Å². The highest BCUT2D eigenvalue weighted by Crippen LogP contribution is 2.45. The number of carbonyl (C=O) groups is 2. The molecule has 2 aromatic carbocycles. The van der Waals surface area contributed by atoms with Crippen molar-refractivity contribution in [3.05, 3.63) is 58.4 Å². The van der Waals surface area contributed by atoms with E-state index in [-0.39, 0.29) is 28.4 Å². The number of hydrogen-bond acceptors (Lipinski definition) is 3. The Kier molecular flexibility index (Phi) is 4.77. The molecule has 2 fully saturated rings. The number of ketones is 2. The molecule has 3 nitrogen and oxygen atoms in total. The summed E-state index contributed by atoms with van der Waals surface area (Å²) < 4.78 is 19.2. The topological polar surface area (TPSA) is 43.4 Å². The Bertz CT molecular complexity index is 902. The molecule has 2 unspecified atom stereocenters. The third kappa shape index (κ3) is 3.27. The Balaban J connectivity index is 1.70. The molecule has 0 amide bonds. The van der Waals surface area contributed by atoms with Crippen LogP contribution in [0.2, 0.25) is 5.02 Å². The molecule has 0 spiro atoms. The van der Waals surface area contributed by atoms with Gasteiger partial charge in [-0.05, 0) is 61.1 Å². The molecule has 2 bridgehead atoms. The van der Waals surface area contributed by atoms with Crippen molar-refractivity contribution in [1.29, 1.82) is 0 Å². The molecule has 4 rings (SSSR count). The molecule has 140 valence electrons. The summed E-state index contributed by atoms with van der Waals surface area (Å²) in [5, 5.41) is -0.0212. The van der Waals surface area contributed by atoms with E-state index in [2.05, 4.69) is 0 Å². The molecule has 27 heavy (non-hydrogen) atoms. The molecule has 0 radical (unpaired) electrons. The maximum atomic E-state index is 13.3. The fourth-order valence-corrected chi connectivity index (χ4v) is 4.49. The van der Waals surface area contributed by atoms with Gasteiger partial charge in [0.25, 0.3) is 0 Å². The van der Waals surface area contributed by atoms with Crippen LogP contribution in [0.4, 0.5) is 4.39 Å². The molecule has 0 heterocycles. The van der Waals surface area contributed by atoms with Crippen molar-refractivity contribution >= 4 is 23.2 Å². The fourth-order valence-electron chi connectivity index (χ4n) is 4.32. The molecule has 0 aromatic heterocycles. The van der Waals surface area contributed by atoms with Gasteiger partial charge in [-0.15, -0.1) is 0 Å². The second kappa shape index (κ2) is 7.08. The van der Waals surface area contributed by atoms with Crippen LogP contribution in [0.15, 0.2) is 36.4 Å². The highest BCUT2D eigenvalue weighted by molar-refractivity contribution is 6.30. The van der Waals surface area contributed by atoms with Crippen molar-refractivity contribution in [1.82, 2.24) is 0 Å². The number of aryl methyl sites for hydroxylation is 1. The van der Waals surface area contributed by atoms with Crippen LogP contribution in [0, 0.1) is 17.7 Å². The van der Waals surface area contributed by atoms with Gasteiger partial charge in [-0.3, -0.25) is 9.59 Å². The largest absolute Gasteiger partial charge is 0.457 e. The SMILES string of the molecule is CCc1ccc(Oc2ccc(F)c(Cl)c2)cc1C1C(=O)C2CCC(C2)C1=O. The minimum atomic E-state index is -0.688. The number of ether oxygens (including phenoxy) is 1. The van der Waals surface area contributed by atoms with Gasteiger partial charge in [-0.2, -0.15) is 0 Å². The molecule has 2 aromatic rings. The number of Topliss-reactive ketones (excluding diaryl/α,β-unsaturated/α-hetero) is 2. The maximum absolute atomic E-state index is 13.3. The van der Waals surface area contributed by atoms with Gasteiger partial charge in [0.1, 0.15) is 23.2 Å². The van der Waals surface area contributed by atoms with Gasteiger partial charge >= 0.3 is 0 Å². The summed E-state index contributed by atoms with van der Waals surface area (Å²) in [6.07, 6.45) is 3.07. The normalized spacial score (nSPS) is 24.3. The standard InChI is InChI=1S/C22H20ClFO3/c1-2-12-5-6-15(27-16-7-8-19(24)18(23)11-16)10-17(12)20-21(25)13-3-4-14(9-13)22(20)26/h5-8,10-11,13-14,20H,2-4,9H2,1H3. The summed E-state index contributed by atoms with van der Waals surface area (Å²) in [6.45, 7) is 2.01. The van der Waals surface area contributed by atoms with E-state index in [4.69, 9.17) is 16.3 Å². The van der Waals surface area contributed by atoms with Crippen molar-refractivity contribution in [2.24, 2.45) is 11.8 Å². The average molecular weight is 387 g/mol. The van der Waals surface area contributed by atoms with E-state index in [1.807, 2.05) is 13.0 Å². The van der Waals surface area contributed by atoms with Gasteiger partial charge in [0.15, 0.2) is 11.6 Å². The van der Waals surface area contributed by atoms with Crippen molar-refractivity contribution in [2.45, 2.75) is 38.5 Å². The average Bonchev–Trinajstić information content (AvgIpc) is 3.11. The zero-order valence-corrected chi connectivity index (χ0v) is 15.8. The smallest absolute Gasteiger partial charge is 0.150 e. The van der Waals surface area contributed by atoms with Crippen molar-refractivity contribution in [3.63, 3.8) is 0 Å². The molecule has 5 heteroatoms. The second-order valence-electron chi connectivity index (χ2n) is 7.34. The molecule has 0 saturated heterocycles. The van der Waals surface area contributed by atoms with Crippen molar-refractivity contribution in [3.8, 4) is 11.5 Å². The van der Waals surface area contributed by atoms with E-state index < -0.39 is 11.7 Å². The first kappa shape index (κ1) is 18.2. The molecular weight excluding hydrogens is 367 g/mol. The van der Waals surface area contributed by atoms with Crippen molar-refractivity contribution < 1.29 is 18.7 Å². The maximum Gasteiger partial charge on any atom is 0.150 e. The summed E-state index contributed by atoms with van der Waals surface area (Å²) >= 11 is 5.81. The van der Waals surface area contributed by atoms with Crippen LogP contribution >= 0.6 is 11.6 Å². The third-order valence-electron chi connectivity index (χ3n) is 5.74. The van der Waals surface area contributed by atoms with E-state index in [0.29, 0.717) is 17.9 Å². The summed E-state index contributed by atoms with van der Waals surface area (Å²) in [4.78, 5) is 25.8. The minimum absolute atomic E-state index is 0.00267. The zero-order chi connectivity index (χ0) is 19.1. The van der Waals surface area contributed by atoms with E-state index in [0.717, 1.165) is 30.4 Å². The first-order valence-electron chi connectivity index (χ1n) is 9.31. The van der Waals surface area contributed by atoms with Gasteiger partial charge in [-0.25, -0.2) is 4.39 Å². The highest BCUT2D eigenvalue weighted by Gasteiger charge is 2.47. The Morgan fingerprint density at radius 1 is 1.04 bits per heavy atom. The van der Waals surface area contributed by atoms with Gasteiger partial charge in [-0.1, -0.05) is 24.6 Å². The Morgan fingerprint density at radius 2 is 1.67 bits per heavy atom. The fraction of sp³-hybridized carbons (Fsp3) is 0.364. The first-order valence-corrected chi connectivity index (χ1v) is 9.69. The van der Waals surface area contributed by atoms with Crippen LogP contribution < -0.4 is 4.74 Å². The minimum Gasteiger partial charge on any atom is -0.457 e. The molecule has 0 aliphatic heterocycles. The van der Waals surface area contributed by atoms with Gasteiger partial charge in [0, 0.05) is 17.9 Å². The summed E-state index contributed by atoms with van der Waals surface area (Å²) in [7, 11) is 0. The molecule has 0 N–H and O–H groups in total. The quantitative estimate of drug-likeness (QED) is 0.653. The van der Waals surface area contributed by atoms with Crippen molar-refractivity contribution in [2.75, 3.05) is 0 Å². The number of fused-ring (bicyclic) bond motifs is 2. The summed E-state index contributed by atoms with van der Waals surface area (Å²) in [6, 6.07) is 9.61. The van der Waals surface area contributed by atoms with Crippen LogP contribution in [0.3, 0.4) is 0 Å². The van der Waals surface area contributed by atoms with Crippen LogP contribution in [-0.4, -0.2) is 11.6 Å². The van der Waals surface area contributed by atoms with Crippen LogP contribution in [0.5, 0.6) is 11.5 Å². The lowest BCUT2D eigenvalue weighted by atomic mass is 9.74. The highest BCUT2D eigenvalue weighted by atomic mass is 35.5. The lowest BCUT2D eigenvalue weighted by Crippen LogP contribution is -2.35. The number of benzene rings is 2. The van der Waals surface area contributed by atoms with Crippen LogP contribution in [0.25, 0.3) is 0 Å². The first-order chi connectivity index (χ1) is 13.0. The Hall–Kier alpha value is -2.20. The monoisotopic (exact) mass is 386 g/mol. The molecular formula is C22H20ClFO3. The Morgan fingerprint density at radius 3 is 2.30 bits per heavy atom. The zero-order valence-electron chi connectivity index (χ0n) is 15.0. The van der Waals surface area contributed by atoms with Gasteiger partial charge < -0.3 is 4.74 Å². The number of hydrogen-bond donors (Lipinski definition) is 0. The third-order valence-corrected chi connectivity index (χ3v) is 6.03. The second-order valence-corrected chi connectivity index (χ2v) is 7.74. The molecule has 2 aliphatic carbocycles. The summed E-state index contributed by atoms with van der Waals surface area (Å²) in [5.41, 5.74) is 1.72.